The van der Waals surface area contributed by atoms with Crippen molar-refractivity contribution in [1.29, 1.82) is 0 Å². The Balaban J connectivity index is 1.94. The van der Waals surface area contributed by atoms with Crippen LogP contribution in [0.25, 0.3) is 0 Å². The van der Waals surface area contributed by atoms with Crippen LogP contribution in [0.3, 0.4) is 0 Å². The molecule has 0 aliphatic carbocycles. The average Bonchev–Trinajstić information content (AvgIpc) is 2.45. The summed E-state index contributed by atoms with van der Waals surface area (Å²) < 4.78 is 5.38. The zero-order valence-electron chi connectivity index (χ0n) is 10.8. The van der Waals surface area contributed by atoms with Crippen molar-refractivity contribution in [3.05, 3.63) is 24.3 Å². The molecule has 4 nitrogen and oxygen atoms in total. The summed E-state index contributed by atoms with van der Waals surface area (Å²) in [6.45, 7) is 4.74. The Kier molecular flexibility index (Phi) is 4.59. The predicted octanol–water partition coefficient (Wildman–Crippen LogP) is 1.32. The fourth-order valence-corrected chi connectivity index (χ4v) is 2.31. The Morgan fingerprint density at radius 3 is 2.61 bits per heavy atom. The summed E-state index contributed by atoms with van der Waals surface area (Å²) in [6, 6.07) is 8.10. The molecule has 0 saturated carbocycles. The van der Waals surface area contributed by atoms with Crippen LogP contribution in [-0.4, -0.2) is 51.0 Å². The molecule has 97 valence electrons. The minimum Gasteiger partial charge on any atom is -0.495 e. The van der Waals surface area contributed by atoms with Gasteiger partial charge in [-0.3, -0.25) is 9.69 Å². The molecule has 1 aliphatic rings. The summed E-state index contributed by atoms with van der Waals surface area (Å²) in [5.74, 6) is 0.923. The summed E-state index contributed by atoms with van der Waals surface area (Å²) in [5.41, 5.74) is 1.15. The maximum atomic E-state index is 10.2. The number of hydrogen-bond donors (Lipinski definition) is 0. The van der Waals surface area contributed by atoms with Gasteiger partial charge in [0.15, 0.2) is 6.29 Å². The van der Waals surface area contributed by atoms with Gasteiger partial charge >= 0.3 is 0 Å². The Morgan fingerprint density at radius 1 is 1.22 bits per heavy atom. The van der Waals surface area contributed by atoms with E-state index in [1.165, 1.54) is 0 Å². The van der Waals surface area contributed by atoms with E-state index < -0.39 is 0 Å². The van der Waals surface area contributed by atoms with Crippen LogP contribution in [-0.2, 0) is 4.79 Å². The highest BCUT2D eigenvalue weighted by Gasteiger charge is 2.18. The van der Waals surface area contributed by atoms with E-state index in [0.29, 0.717) is 6.42 Å². The molecule has 0 unspecified atom stereocenters. The highest BCUT2D eigenvalue weighted by Crippen LogP contribution is 2.28. The number of ether oxygens (including phenoxy) is 1. The summed E-state index contributed by atoms with van der Waals surface area (Å²) in [6.07, 6.45) is 2.46. The first-order chi connectivity index (χ1) is 8.85. The van der Waals surface area contributed by atoms with Gasteiger partial charge in [0.1, 0.15) is 5.75 Å². The molecule has 0 amide bonds. The standard InChI is InChI=1S/C14H19N2O2/c1-18-14-6-3-2-5-13(14)16-10-8-15(9-11-16)7-4-12-17/h2-3,5-6H,4,7-11H2,1H3. The lowest BCUT2D eigenvalue weighted by molar-refractivity contribution is 0.263. The van der Waals surface area contributed by atoms with Crippen LogP contribution >= 0.6 is 0 Å². The number of piperazine rings is 1. The van der Waals surface area contributed by atoms with Crippen LogP contribution in [0.2, 0.25) is 0 Å². The van der Waals surface area contributed by atoms with E-state index >= 15 is 0 Å². The third kappa shape index (κ3) is 3.01. The van der Waals surface area contributed by atoms with E-state index in [-0.39, 0.29) is 0 Å². The Bertz CT molecular complexity index is 387. The molecule has 0 N–H and O–H groups in total. The molecule has 2 rings (SSSR count). The van der Waals surface area contributed by atoms with E-state index in [4.69, 9.17) is 4.74 Å². The van der Waals surface area contributed by atoms with E-state index in [9.17, 15) is 4.79 Å². The van der Waals surface area contributed by atoms with Crippen molar-refractivity contribution >= 4 is 12.0 Å². The van der Waals surface area contributed by atoms with Crippen molar-refractivity contribution in [2.75, 3.05) is 44.7 Å². The zero-order chi connectivity index (χ0) is 12.8. The highest BCUT2D eigenvalue weighted by molar-refractivity contribution is 5.58. The summed E-state index contributed by atoms with van der Waals surface area (Å²) in [7, 11) is 1.70. The fraction of sp³-hybridized carbons (Fsp3) is 0.500. The summed E-state index contributed by atoms with van der Waals surface area (Å²) in [5, 5.41) is 0. The lowest BCUT2D eigenvalue weighted by atomic mass is 10.2. The molecule has 0 atom stereocenters. The van der Waals surface area contributed by atoms with Crippen molar-refractivity contribution in [3.8, 4) is 5.75 Å². The molecular formula is C14H19N2O2. The van der Waals surface area contributed by atoms with Crippen molar-refractivity contribution < 1.29 is 9.53 Å². The molecular weight excluding hydrogens is 228 g/mol. The minimum absolute atomic E-state index is 0.509. The lowest BCUT2D eigenvalue weighted by Crippen LogP contribution is -2.46. The van der Waals surface area contributed by atoms with Crippen LogP contribution in [0.15, 0.2) is 24.3 Å². The van der Waals surface area contributed by atoms with Crippen LogP contribution in [0.1, 0.15) is 6.42 Å². The Hall–Kier alpha value is -1.55. The van der Waals surface area contributed by atoms with E-state index in [0.717, 1.165) is 44.2 Å². The van der Waals surface area contributed by atoms with Gasteiger partial charge in [0.05, 0.1) is 12.8 Å². The molecule has 0 bridgehead atoms. The molecule has 1 heterocycles. The molecule has 1 saturated heterocycles. The van der Waals surface area contributed by atoms with Crippen molar-refractivity contribution in [3.63, 3.8) is 0 Å². The third-order valence-corrected chi connectivity index (χ3v) is 3.33. The van der Waals surface area contributed by atoms with E-state index in [1.807, 2.05) is 24.5 Å². The quantitative estimate of drug-likeness (QED) is 0.785. The lowest BCUT2D eigenvalue weighted by Gasteiger charge is -2.36. The van der Waals surface area contributed by atoms with Gasteiger partial charge in [-0.2, -0.15) is 0 Å². The SMILES string of the molecule is COc1ccccc1N1CCN(CC[C]=O)CC1. The highest BCUT2D eigenvalue weighted by atomic mass is 16.5. The minimum atomic E-state index is 0.509. The second-order valence-electron chi connectivity index (χ2n) is 4.39. The monoisotopic (exact) mass is 247 g/mol. The predicted molar refractivity (Wildman–Crippen MR) is 72.0 cm³/mol. The van der Waals surface area contributed by atoms with Gasteiger partial charge in [-0.25, -0.2) is 0 Å². The van der Waals surface area contributed by atoms with Gasteiger partial charge in [0, 0.05) is 39.1 Å². The molecule has 0 spiro atoms. The molecule has 1 aromatic rings. The second-order valence-corrected chi connectivity index (χ2v) is 4.39. The first-order valence-corrected chi connectivity index (χ1v) is 6.30. The molecule has 1 aromatic carbocycles. The van der Waals surface area contributed by atoms with Crippen LogP contribution < -0.4 is 9.64 Å². The van der Waals surface area contributed by atoms with Gasteiger partial charge in [0.2, 0.25) is 0 Å². The molecule has 1 fully saturated rings. The van der Waals surface area contributed by atoms with Gasteiger partial charge in [-0.1, -0.05) is 12.1 Å². The maximum Gasteiger partial charge on any atom is 0.199 e. The van der Waals surface area contributed by atoms with Crippen LogP contribution in [0.4, 0.5) is 5.69 Å². The molecule has 0 aromatic heterocycles. The molecule has 1 aliphatic heterocycles. The number of carbonyl (C=O) groups excluding carboxylic acids is 1. The first kappa shape index (κ1) is 12.9. The van der Waals surface area contributed by atoms with Gasteiger partial charge in [-0.15, -0.1) is 0 Å². The van der Waals surface area contributed by atoms with Crippen molar-refractivity contribution in [2.45, 2.75) is 6.42 Å². The Morgan fingerprint density at radius 2 is 1.94 bits per heavy atom. The zero-order valence-corrected chi connectivity index (χ0v) is 10.8. The van der Waals surface area contributed by atoms with Crippen molar-refractivity contribution in [2.24, 2.45) is 0 Å². The Labute approximate surface area is 108 Å². The van der Waals surface area contributed by atoms with Crippen LogP contribution in [0.5, 0.6) is 5.75 Å². The number of benzene rings is 1. The number of anilines is 1. The number of methoxy groups -OCH3 is 1. The van der Waals surface area contributed by atoms with E-state index in [2.05, 4.69) is 15.9 Å². The van der Waals surface area contributed by atoms with Gasteiger partial charge in [-0.05, 0) is 12.1 Å². The fourth-order valence-electron chi connectivity index (χ4n) is 2.31. The number of nitrogens with zero attached hydrogens (tertiary/aromatic N) is 2. The van der Waals surface area contributed by atoms with Crippen molar-refractivity contribution in [1.82, 2.24) is 4.90 Å². The molecule has 18 heavy (non-hydrogen) atoms. The molecule has 4 heteroatoms. The first-order valence-electron chi connectivity index (χ1n) is 6.30. The van der Waals surface area contributed by atoms with E-state index in [1.54, 1.807) is 7.11 Å². The van der Waals surface area contributed by atoms with Gasteiger partial charge < -0.3 is 9.64 Å². The average molecular weight is 247 g/mol. The largest absolute Gasteiger partial charge is 0.495 e. The third-order valence-electron chi connectivity index (χ3n) is 3.33. The summed E-state index contributed by atoms with van der Waals surface area (Å²) in [4.78, 5) is 14.9. The topological polar surface area (TPSA) is 32.8 Å². The van der Waals surface area contributed by atoms with Gasteiger partial charge in [0.25, 0.3) is 0 Å². The smallest absolute Gasteiger partial charge is 0.199 e. The van der Waals surface area contributed by atoms with Crippen LogP contribution in [0, 0.1) is 0 Å². The second kappa shape index (κ2) is 6.40. The number of rotatable bonds is 5. The maximum absolute atomic E-state index is 10.2. The number of hydrogen-bond acceptors (Lipinski definition) is 4. The number of para-hydroxylation sites is 2. The normalized spacial score (nSPS) is 16.6. The summed E-state index contributed by atoms with van der Waals surface area (Å²) >= 11 is 0. The molecule has 1 radical (unpaired) electrons.